The SMILES string of the molecule is CC1(C)S[C@@H]2[C@H](NC(=O)[C@H](N)c3ccc(O)c(Cl)c3)C(=O)N2[C@H]1C(=O)O. The molecule has 2 aliphatic heterocycles. The molecule has 4 atom stereocenters. The van der Waals surface area contributed by atoms with Crippen molar-refractivity contribution in [2.45, 2.75) is 42.1 Å². The molecular formula is C16H18ClN3O5S. The lowest BCUT2D eigenvalue weighted by atomic mass is 9.95. The average molecular weight is 400 g/mol. The van der Waals surface area contributed by atoms with Crippen molar-refractivity contribution in [3.63, 3.8) is 0 Å². The van der Waals surface area contributed by atoms with Gasteiger partial charge in [0.1, 0.15) is 29.2 Å². The number of carbonyl (C=O) groups excluding carboxylic acids is 2. The molecule has 0 spiro atoms. The van der Waals surface area contributed by atoms with Gasteiger partial charge in [0.15, 0.2) is 0 Å². The lowest BCUT2D eigenvalue weighted by Gasteiger charge is -2.43. The highest BCUT2D eigenvalue weighted by Gasteiger charge is 2.64. The molecule has 0 aliphatic carbocycles. The fourth-order valence-electron chi connectivity index (χ4n) is 3.26. The molecule has 2 aliphatic rings. The van der Waals surface area contributed by atoms with Crippen LogP contribution >= 0.6 is 23.4 Å². The molecule has 0 bridgehead atoms. The first-order valence-corrected chi connectivity index (χ1v) is 9.07. The van der Waals surface area contributed by atoms with Crippen LogP contribution in [0.4, 0.5) is 0 Å². The second-order valence-electron chi connectivity index (χ2n) is 6.77. The van der Waals surface area contributed by atoms with Gasteiger partial charge in [-0.2, -0.15) is 0 Å². The summed E-state index contributed by atoms with van der Waals surface area (Å²) in [5, 5.41) is 21.0. The van der Waals surface area contributed by atoms with Gasteiger partial charge in [-0.15, -0.1) is 11.8 Å². The summed E-state index contributed by atoms with van der Waals surface area (Å²) in [5.41, 5.74) is 6.30. The number of benzene rings is 1. The first-order valence-electron chi connectivity index (χ1n) is 7.82. The first-order chi connectivity index (χ1) is 12.0. The Morgan fingerprint density at radius 1 is 1.42 bits per heavy atom. The summed E-state index contributed by atoms with van der Waals surface area (Å²) in [7, 11) is 0. The van der Waals surface area contributed by atoms with Crippen molar-refractivity contribution in [2.24, 2.45) is 5.73 Å². The summed E-state index contributed by atoms with van der Waals surface area (Å²) in [6.45, 7) is 3.51. The summed E-state index contributed by atoms with van der Waals surface area (Å²) < 4.78 is -0.668. The number of hydrogen-bond donors (Lipinski definition) is 4. The molecule has 140 valence electrons. The number of rotatable bonds is 4. The molecule has 5 N–H and O–H groups in total. The number of β-lactam (4-membered cyclic amide) rings is 1. The zero-order chi connectivity index (χ0) is 19.4. The Labute approximate surface area is 158 Å². The van der Waals surface area contributed by atoms with Crippen molar-refractivity contribution in [1.29, 1.82) is 0 Å². The molecule has 8 nitrogen and oxygen atoms in total. The summed E-state index contributed by atoms with van der Waals surface area (Å²) in [6.07, 6.45) is 0. The van der Waals surface area contributed by atoms with Crippen molar-refractivity contribution >= 4 is 41.1 Å². The molecule has 2 saturated heterocycles. The van der Waals surface area contributed by atoms with Gasteiger partial charge in [0.25, 0.3) is 0 Å². The predicted molar refractivity (Wildman–Crippen MR) is 95.7 cm³/mol. The molecule has 1 aromatic rings. The van der Waals surface area contributed by atoms with Crippen molar-refractivity contribution < 1.29 is 24.6 Å². The minimum Gasteiger partial charge on any atom is -0.506 e. The zero-order valence-corrected chi connectivity index (χ0v) is 15.5. The Bertz CT molecular complexity index is 802. The maximum absolute atomic E-state index is 12.4. The number of aliphatic carboxylic acids is 1. The topological polar surface area (TPSA) is 133 Å². The van der Waals surface area contributed by atoms with Gasteiger partial charge in [-0.1, -0.05) is 17.7 Å². The number of thioether (sulfide) groups is 1. The fourth-order valence-corrected chi connectivity index (χ4v) is 5.07. The molecule has 0 aromatic heterocycles. The molecule has 3 rings (SSSR count). The normalized spacial score (nSPS) is 27.5. The minimum atomic E-state index is -1.08. The van der Waals surface area contributed by atoms with Gasteiger partial charge >= 0.3 is 5.97 Å². The highest BCUT2D eigenvalue weighted by Crippen LogP contribution is 2.50. The van der Waals surface area contributed by atoms with Gasteiger partial charge in [0.05, 0.1) is 5.02 Å². The number of amides is 2. The summed E-state index contributed by atoms with van der Waals surface area (Å²) in [5.74, 6) is -2.22. The summed E-state index contributed by atoms with van der Waals surface area (Å²) in [6, 6.07) is 1.33. The van der Waals surface area contributed by atoms with Gasteiger partial charge in [-0.05, 0) is 31.5 Å². The Morgan fingerprint density at radius 2 is 2.08 bits per heavy atom. The third kappa shape index (κ3) is 2.89. The fraction of sp³-hybridized carbons (Fsp3) is 0.438. The van der Waals surface area contributed by atoms with Gasteiger partial charge in [0.2, 0.25) is 11.8 Å². The number of hydrogen-bond acceptors (Lipinski definition) is 6. The van der Waals surface area contributed by atoms with E-state index in [1.807, 2.05) is 0 Å². The Morgan fingerprint density at radius 3 is 2.65 bits per heavy atom. The van der Waals surface area contributed by atoms with E-state index in [4.69, 9.17) is 17.3 Å². The van der Waals surface area contributed by atoms with Crippen LogP contribution in [0.1, 0.15) is 25.5 Å². The smallest absolute Gasteiger partial charge is 0.327 e. The number of carboxylic acid groups (broad SMARTS) is 1. The van der Waals surface area contributed by atoms with Crippen LogP contribution in [0.15, 0.2) is 18.2 Å². The molecule has 1 aromatic carbocycles. The van der Waals surface area contributed by atoms with Crippen LogP contribution in [0, 0.1) is 0 Å². The number of phenols is 1. The molecule has 2 fully saturated rings. The van der Waals surface area contributed by atoms with E-state index in [9.17, 15) is 24.6 Å². The quantitative estimate of drug-likeness (QED) is 0.547. The second kappa shape index (κ2) is 6.33. The van der Waals surface area contributed by atoms with Crippen LogP contribution in [0.25, 0.3) is 0 Å². The Kier molecular flexibility index (Phi) is 4.58. The number of aromatic hydroxyl groups is 1. The van der Waals surface area contributed by atoms with Crippen LogP contribution in [0.3, 0.4) is 0 Å². The van der Waals surface area contributed by atoms with Gasteiger partial charge in [-0.25, -0.2) is 4.79 Å². The Hall–Kier alpha value is -1.97. The van der Waals surface area contributed by atoms with Crippen LogP contribution < -0.4 is 11.1 Å². The number of phenolic OH excluding ortho intramolecular Hbond substituents is 1. The molecule has 2 heterocycles. The van der Waals surface area contributed by atoms with Crippen molar-refractivity contribution in [1.82, 2.24) is 10.2 Å². The first kappa shape index (κ1) is 18.8. The van der Waals surface area contributed by atoms with Crippen molar-refractivity contribution in [3.8, 4) is 5.75 Å². The maximum Gasteiger partial charge on any atom is 0.327 e. The number of nitrogens with zero attached hydrogens (tertiary/aromatic N) is 1. The van der Waals surface area contributed by atoms with E-state index < -0.39 is 46.0 Å². The lowest BCUT2D eigenvalue weighted by molar-refractivity contribution is -0.161. The van der Waals surface area contributed by atoms with Crippen molar-refractivity contribution in [3.05, 3.63) is 28.8 Å². The molecule has 0 saturated carbocycles. The highest BCUT2D eigenvalue weighted by atomic mass is 35.5. The molecule has 0 unspecified atom stereocenters. The van der Waals surface area contributed by atoms with Crippen molar-refractivity contribution in [2.75, 3.05) is 0 Å². The molecule has 10 heteroatoms. The minimum absolute atomic E-state index is 0.0639. The molecule has 26 heavy (non-hydrogen) atoms. The lowest BCUT2D eigenvalue weighted by Crippen LogP contribution is -2.71. The number of nitrogens with one attached hydrogen (secondary N) is 1. The molecular weight excluding hydrogens is 382 g/mol. The van der Waals surface area contributed by atoms with Gasteiger partial charge < -0.3 is 26.2 Å². The van der Waals surface area contributed by atoms with E-state index in [0.717, 1.165) is 0 Å². The van der Waals surface area contributed by atoms with Gasteiger partial charge in [-0.3, -0.25) is 9.59 Å². The predicted octanol–water partition coefficient (Wildman–Crippen LogP) is 0.677. The third-order valence-corrected chi connectivity index (χ3v) is 6.46. The van der Waals surface area contributed by atoms with E-state index in [1.165, 1.54) is 34.9 Å². The van der Waals surface area contributed by atoms with Crippen LogP contribution in [-0.4, -0.2) is 55.1 Å². The van der Waals surface area contributed by atoms with Crippen LogP contribution in [0.5, 0.6) is 5.75 Å². The number of fused-ring (bicyclic) bond motifs is 1. The molecule has 2 amide bonds. The number of carbonyl (C=O) groups is 3. The number of nitrogens with two attached hydrogens (primary N) is 1. The van der Waals surface area contributed by atoms with E-state index in [1.54, 1.807) is 13.8 Å². The van der Waals surface area contributed by atoms with Crippen LogP contribution in [-0.2, 0) is 14.4 Å². The highest BCUT2D eigenvalue weighted by molar-refractivity contribution is 8.01. The van der Waals surface area contributed by atoms with E-state index in [0.29, 0.717) is 5.56 Å². The van der Waals surface area contributed by atoms with E-state index >= 15 is 0 Å². The largest absolute Gasteiger partial charge is 0.506 e. The van der Waals surface area contributed by atoms with Gasteiger partial charge in [0, 0.05) is 4.75 Å². The number of halogens is 1. The second-order valence-corrected chi connectivity index (χ2v) is 8.95. The maximum atomic E-state index is 12.4. The van der Waals surface area contributed by atoms with E-state index in [-0.39, 0.29) is 10.8 Å². The third-order valence-electron chi connectivity index (χ3n) is 4.59. The molecule has 0 radical (unpaired) electrons. The summed E-state index contributed by atoms with van der Waals surface area (Å²) in [4.78, 5) is 37.6. The summed E-state index contributed by atoms with van der Waals surface area (Å²) >= 11 is 7.16. The standard InChI is InChI=1S/C16H18ClN3O5S/c1-16(2)11(15(24)25)20-13(23)10(14(20)26-16)19-12(22)9(18)6-3-4-8(21)7(17)5-6/h3-5,9-11,14,21H,18H2,1-2H3,(H,19,22)(H,24,25)/t9-,10-,11+,14-/m1/s1. The van der Waals surface area contributed by atoms with E-state index in [2.05, 4.69) is 5.32 Å². The number of carboxylic acids is 1. The Balaban J connectivity index is 1.72. The average Bonchev–Trinajstić information content (AvgIpc) is 2.82. The zero-order valence-electron chi connectivity index (χ0n) is 14.0. The monoisotopic (exact) mass is 399 g/mol. The van der Waals surface area contributed by atoms with Crippen LogP contribution in [0.2, 0.25) is 5.02 Å².